The Morgan fingerprint density at radius 1 is 1.03 bits per heavy atom. The molecule has 0 unspecified atom stereocenters. The molecule has 0 fully saturated rings. The van der Waals surface area contributed by atoms with Crippen LogP contribution >= 0.6 is 22.7 Å². The van der Waals surface area contributed by atoms with E-state index in [2.05, 4.69) is 10.4 Å². The molecule has 1 amide bonds. The topological polar surface area (TPSA) is 91.5 Å². The first kappa shape index (κ1) is 19.5. The summed E-state index contributed by atoms with van der Waals surface area (Å²) in [6.45, 7) is 1.08. The highest BCUT2D eigenvalue weighted by molar-refractivity contribution is 7.12. The van der Waals surface area contributed by atoms with Crippen molar-refractivity contribution >= 4 is 34.3 Å². The molecule has 4 heterocycles. The molecule has 0 saturated carbocycles. The van der Waals surface area contributed by atoms with Crippen molar-refractivity contribution in [1.29, 1.82) is 0 Å². The number of tetrazole rings is 1. The molecule has 31 heavy (non-hydrogen) atoms. The SMILES string of the molecule is O=C(Cn1nnn(-c2cccs2)c1=O)N(Cc1cccs1)c1ccc2c(c1)OCCO2. The van der Waals surface area contributed by atoms with E-state index in [-0.39, 0.29) is 12.5 Å². The molecule has 9 nitrogen and oxygen atoms in total. The van der Waals surface area contributed by atoms with Crippen LogP contribution in [0, 0.1) is 0 Å². The number of anilines is 1. The zero-order valence-electron chi connectivity index (χ0n) is 16.2. The number of hydrogen-bond donors (Lipinski definition) is 0. The van der Waals surface area contributed by atoms with Gasteiger partial charge >= 0.3 is 5.69 Å². The summed E-state index contributed by atoms with van der Waals surface area (Å²) in [5, 5.41) is 12.2. The Labute approximate surface area is 184 Å². The third-order valence-corrected chi connectivity index (χ3v) is 6.38. The molecular weight excluding hydrogens is 438 g/mol. The summed E-state index contributed by atoms with van der Waals surface area (Å²) in [7, 11) is 0. The second-order valence-corrected chi connectivity index (χ2v) is 8.63. The van der Waals surface area contributed by atoms with Gasteiger partial charge in [0.1, 0.15) is 24.8 Å². The normalized spacial score (nSPS) is 12.6. The number of hydrogen-bond acceptors (Lipinski definition) is 8. The Morgan fingerprint density at radius 2 is 1.84 bits per heavy atom. The van der Waals surface area contributed by atoms with Crippen LogP contribution in [0.25, 0.3) is 5.00 Å². The highest BCUT2D eigenvalue weighted by Gasteiger charge is 2.22. The van der Waals surface area contributed by atoms with Gasteiger partial charge in [0.25, 0.3) is 0 Å². The average molecular weight is 456 g/mol. The number of ether oxygens (including phenoxy) is 2. The first-order chi connectivity index (χ1) is 15.2. The number of amides is 1. The lowest BCUT2D eigenvalue weighted by Crippen LogP contribution is -2.36. The van der Waals surface area contributed by atoms with Crippen LogP contribution in [0.2, 0.25) is 0 Å². The lowest BCUT2D eigenvalue weighted by Gasteiger charge is -2.25. The Hall–Kier alpha value is -3.44. The first-order valence-electron chi connectivity index (χ1n) is 9.48. The van der Waals surface area contributed by atoms with Gasteiger partial charge in [-0.05, 0) is 51.5 Å². The number of fused-ring (bicyclic) bond motifs is 1. The van der Waals surface area contributed by atoms with E-state index in [0.29, 0.717) is 41.9 Å². The van der Waals surface area contributed by atoms with Gasteiger partial charge < -0.3 is 14.4 Å². The molecule has 0 bridgehead atoms. The zero-order valence-corrected chi connectivity index (χ0v) is 17.8. The van der Waals surface area contributed by atoms with E-state index in [9.17, 15) is 9.59 Å². The molecule has 1 aromatic carbocycles. The monoisotopic (exact) mass is 455 g/mol. The van der Waals surface area contributed by atoms with Crippen LogP contribution in [0.3, 0.4) is 0 Å². The molecule has 0 aliphatic carbocycles. The van der Waals surface area contributed by atoms with Crippen molar-refractivity contribution in [2.75, 3.05) is 18.1 Å². The largest absolute Gasteiger partial charge is 0.486 e. The molecule has 0 atom stereocenters. The Bertz CT molecular complexity index is 1250. The van der Waals surface area contributed by atoms with Crippen molar-refractivity contribution in [2.24, 2.45) is 0 Å². The number of carbonyl (C=O) groups is 1. The van der Waals surface area contributed by atoms with Gasteiger partial charge in [0.05, 0.1) is 6.54 Å². The van der Waals surface area contributed by atoms with Crippen LogP contribution in [0.15, 0.2) is 58.0 Å². The molecule has 4 aromatic rings. The van der Waals surface area contributed by atoms with Crippen molar-refractivity contribution in [1.82, 2.24) is 19.8 Å². The quantitative estimate of drug-likeness (QED) is 0.444. The predicted octanol–water partition coefficient (Wildman–Crippen LogP) is 2.56. The highest BCUT2D eigenvalue weighted by Crippen LogP contribution is 2.34. The predicted molar refractivity (Wildman–Crippen MR) is 116 cm³/mol. The fraction of sp³-hybridized carbons (Fsp3) is 0.200. The molecular formula is C20H17N5O4S2. The second-order valence-electron chi connectivity index (χ2n) is 6.67. The number of nitrogens with zero attached hydrogens (tertiary/aromatic N) is 5. The van der Waals surface area contributed by atoms with Crippen LogP contribution < -0.4 is 20.1 Å². The van der Waals surface area contributed by atoms with Gasteiger partial charge in [0, 0.05) is 16.6 Å². The summed E-state index contributed by atoms with van der Waals surface area (Å²) in [5.41, 5.74) is 0.190. The maximum absolute atomic E-state index is 13.3. The van der Waals surface area contributed by atoms with Gasteiger partial charge in [-0.1, -0.05) is 6.07 Å². The number of carbonyl (C=O) groups excluding carboxylic acids is 1. The van der Waals surface area contributed by atoms with E-state index in [4.69, 9.17) is 9.47 Å². The Morgan fingerprint density at radius 3 is 2.61 bits per heavy atom. The molecule has 1 aliphatic rings. The van der Waals surface area contributed by atoms with Crippen molar-refractivity contribution in [3.63, 3.8) is 0 Å². The number of benzene rings is 1. The van der Waals surface area contributed by atoms with Crippen molar-refractivity contribution < 1.29 is 14.3 Å². The van der Waals surface area contributed by atoms with Gasteiger partial charge in [-0.25, -0.2) is 4.79 Å². The van der Waals surface area contributed by atoms with Crippen molar-refractivity contribution in [3.8, 4) is 16.5 Å². The summed E-state index contributed by atoms with van der Waals surface area (Å²) in [4.78, 5) is 28.6. The zero-order chi connectivity index (χ0) is 21.2. The minimum absolute atomic E-state index is 0.232. The summed E-state index contributed by atoms with van der Waals surface area (Å²) in [5.74, 6) is 0.951. The summed E-state index contributed by atoms with van der Waals surface area (Å²) < 4.78 is 13.5. The molecule has 0 radical (unpaired) electrons. The fourth-order valence-corrected chi connectivity index (χ4v) is 4.56. The van der Waals surface area contributed by atoms with Crippen LogP contribution in [0.5, 0.6) is 11.5 Å². The van der Waals surface area contributed by atoms with E-state index in [1.807, 2.05) is 35.0 Å². The van der Waals surface area contributed by atoms with E-state index >= 15 is 0 Å². The van der Waals surface area contributed by atoms with Crippen molar-refractivity contribution in [3.05, 3.63) is 68.6 Å². The lowest BCUT2D eigenvalue weighted by atomic mass is 10.2. The molecule has 3 aromatic heterocycles. The highest BCUT2D eigenvalue weighted by atomic mass is 32.1. The third-order valence-electron chi connectivity index (χ3n) is 4.67. The molecule has 5 rings (SSSR count). The minimum Gasteiger partial charge on any atom is -0.486 e. The van der Waals surface area contributed by atoms with E-state index in [1.54, 1.807) is 34.4 Å². The van der Waals surface area contributed by atoms with Gasteiger partial charge in [-0.2, -0.15) is 9.36 Å². The fourth-order valence-electron chi connectivity index (χ4n) is 3.20. The van der Waals surface area contributed by atoms with Crippen LogP contribution in [-0.4, -0.2) is 38.9 Å². The van der Waals surface area contributed by atoms with Gasteiger partial charge in [-0.3, -0.25) is 4.79 Å². The minimum atomic E-state index is -0.464. The lowest BCUT2D eigenvalue weighted by molar-refractivity contribution is -0.119. The number of aromatic nitrogens is 4. The molecule has 0 spiro atoms. The number of rotatable bonds is 6. The molecule has 0 N–H and O–H groups in total. The summed E-state index contributed by atoms with van der Waals surface area (Å²) in [6.07, 6.45) is 0. The Balaban J connectivity index is 1.44. The van der Waals surface area contributed by atoms with Crippen LogP contribution in [0.1, 0.15) is 4.88 Å². The van der Waals surface area contributed by atoms with Crippen LogP contribution in [0.4, 0.5) is 5.69 Å². The van der Waals surface area contributed by atoms with Gasteiger partial charge in [0.2, 0.25) is 5.91 Å². The second kappa shape index (κ2) is 8.36. The van der Waals surface area contributed by atoms with Crippen LogP contribution in [-0.2, 0) is 17.9 Å². The maximum atomic E-state index is 13.3. The van der Waals surface area contributed by atoms with E-state index in [0.717, 1.165) is 9.56 Å². The van der Waals surface area contributed by atoms with Gasteiger partial charge in [-0.15, -0.1) is 22.7 Å². The van der Waals surface area contributed by atoms with Crippen molar-refractivity contribution in [2.45, 2.75) is 13.1 Å². The average Bonchev–Trinajstić information content (AvgIpc) is 3.55. The van der Waals surface area contributed by atoms with Gasteiger partial charge in [0.15, 0.2) is 11.5 Å². The smallest absolute Gasteiger partial charge is 0.369 e. The molecule has 158 valence electrons. The Kier molecular flexibility index (Phi) is 5.26. The summed E-state index contributed by atoms with van der Waals surface area (Å²) in [6, 6.07) is 12.9. The number of thiophene rings is 2. The standard InChI is InChI=1S/C20H17N5O4S2/c26-18(13-24-20(27)25(22-21-24)19-4-2-10-31-19)23(12-15-3-1-9-30-15)14-5-6-16-17(11-14)29-8-7-28-16/h1-6,9-11H,7-8,12-13H2. The maximum Gasteiger partial charge on any atom is 0.369 e. The third kappa shape index (κ3) is 3.97. The molecule has 1 aliphatic heterocycles. The molecule has 11 heteroatoms. The van der Waals surface area contributed by atoms with E-state index in [1.165, 1.54) is 16.0 Å². The molecule has 0 saturated heterocycles. The summed E-state index contributed by atoms with van der Waals surface area (Å²) >= 11 is 2.92. The first-order valence-corrected chi connectivity index (χ1v) is 11.2. The van der Waals surface area contributed by atoms with E-state index < -0.39 is 5.69 Å².